The van der Waals surface area contributed by atoms with Crippen LogP contribution in [0.4, 0.5) is 5.69 Å². The Labute approximate surface area is 192 Å². The third-order valence-corrected chi connectivity index (χ3v) is 9.71. The number of hydrogen-bond donors (Lipinski definition) is 1. The molecular weight excluding hydrogens is 467 g/mol. The first-order chi connectivity index (χ1) is 15.5. The number of Topliss-reactive ketones (excluding diaryl/α,β-unsaturated/α-hetero) is 1. The molecule has 1 N–H and O–H groups in total. The van der Waals surface area contributed by atoms with Crippen molar-refractivity contribution in [1.29, 1.82) is 0 Å². The van der Waals surface area contributed by atoms with Crippen molar-refractivity contribution in [2.24, 2.45) is 5.92 Å². The molecule has 1 spiro atoms. The average Bonchev–Trinajstić information content (AvgIpc) is 3.18. The third-order valence-electron chi connectivity index (χ3n) is 7.40. The number of fused-ring (bicyclic) bond motifs is 2. The molecule has 2 unspecified atom stereocenters. The quantitative estimate of drug-likeness (QED) is 0.561. The number of likely N-dealkylation sites (tertiary alicyclic amines) is 1. The average molecular weight is 491 g/mol. The van der Waals surface area contributed by atoms with Gasteiger partial charge in [0.25, 0.3) is 0 Å². The summed E-state index contributed by atoms with van der Waals surface area (Å²) in [6.07, 6.45) is 2.82. The van der Waals surface area contributed by atoms with E-state index in [1.165, 1.54) is 4.26 Å². The summed E-state index contributed by atoms with van der Waals surface area (Å²) < 4.78 is 2.01. The van der Waals surface area contributed by atoms with E-state index < -0.39 is 0 Å². The summed E-state index contributed by atoms with van der Waals surface area (Å²) in [5, 5.41) is 3.96. The van der Waals surface area contributed by atoms with Crippen molar-refractivity contribution in [2.45, 2.75) is 44.1 Å². The van der Waals surface area contributed by atoms with Gasteiger partial charge in [0.15, 0.2) is 0 Å². The van der Waals surface area contributed by atoms with E-state index in [-0.39, 0.29) is 43.6 Å². The van der Waals surface area contributed by atoms with E-state index in [0.717, 1.165) is 46.0 Å². The minimum absolute atomic E-state index is 0.0140. The first kappa shape index (κ1) is 20.0. The molecule has 1 saturated heterocycles. The number of benzene rings is 2. The Balaban J connectivity index is 1.29. The maximum absolute atomic E-state index is 13.6. The predicted molar refractivity (Wildman–Crippen MR) is 124 cm³/mol. The second-order valence-electron chi connectivity index (χ2n) is 9.25. The molecule has 2 amide bonds. The number of piperidine rings is 1. The zero-order valence-electron chi connectivity index (χ0n) is 17.9. The fourth-order valence-electron chi connectivity index (χ4n) is 5.89. The van der Waals surface area contributed by atoms with Gasteiger partial charge in [-0.15, -0.1) is 0 Å². The normalized spacial score (nSPS) is 25.3. The molecule has 1 saturated carbocycles. The van der Waals surface area contributed by atoms with Crippen molar-refractivity contribution in [3.8, 4) is 0 Å². The van der Waals surface area contributed by atoms with Gasteiger partial charge >= 0.3 is 193 Å². The number of rotatable bonds is 4. The maximum atomic E-state index is 13.6. The molecule has 2 fully saturated rings. The number of amides is 2. The van der Waals surface area contributed by atoms with Crippen LogP contribution < -0.4 is 5.32 Å². The van der Waals surface area contributed by atoms with Gasteiger partial charge in [-0.05, 0) is 0 Å². The van der Waals surface area contributed by atoms with Gasteiger partial charge in [-0.1, -0.05) is 0 Å². The molecule has 32 heavy (non-hydrogen) atoms. The van der Waals surface area contributed by atoms with Gasteiger partial charge in [0.1, 0.15) is 0 Å². The van der Waals surface area contributed by atoms with Crippen LogP contribution in [-0.2, 0) is 10.2 Å². The molecule has 1 aliphatic heterocycles. The molecule has 3 aliphatic rings. The Morgan fingerprint density at radius 3 is 2.88 bits per heavy atom. The predicted octanol–water partition coefficient (Wildman–Crippen LogP) is 4.00. The summed E-state index contributed by atoms with van der Waals surface area (Å²) in [5.74, 6) is 0.716. The summed E-state index contributed by atoms with van der Waals surface area (Å²) in [5.41, 5.74) is 2.77. The molecular formula is C26H24N2O3Se. The molecule has 0 radical (unpaired) electrons. The van der Waals surface area contributed by atoms with Crippen LogP contribution in [0.25, 0.3) is 9.65 Å². The van der Waals surface area contributed by atoms with Gasteiger partial charge in [-0.3, -0.25) is 0 Å². The molecule has 6 rings (SSSR count). The van der Waals surface area contributed by atoms with Crippen LogP contribution in [-0.4, -0.2) is 49.6 Å². The number of nitrogens with zero attached hydrogens (tertiary/aromatic N) is 1. The van der Waals surface area contributed by atoms with Gasteiger partial charge in [0, 0.05) is 0 Å². The summed E-state index contributed by atoms with van der Waals surface area (Å²) in [4.78, 5) is 40.4. The van der Waals surface area contributed by atoms with E-state index in [2.05, 4.69) is 11.4 Å². The number of carbonyl (C=O) groups is 3. The number of carbonyl (C=O) groups excluding carboxylic acids is 3. The Morgan fingerprint density at radius 2 is 2.03 bits per heavy atom. The second kappa shape index (κ2) is 7.16. The number of hydrogen-bond acceptors (Lipinski definition) is 3. The van der Waals surface area contributed by atoms with E-state index in [9.17, 15) is 14.4 Å². The summed E-state index contributed by atoms with van der Waals surface area (Å²) in [6.45, 7) is 2.73. The molecule has 5 nitrogen and oxygen atoms in total. The Bertz CT molecular complexity index is 1300. The van der Waals surface area contributed by atoms with Crippen LogP contribution in [0.2, 0.25) is 0 Å². The first-order valence-electron chi connectivity index (χ1n) is 11.3. The fourth-order valence-corrected chi connectivity index (χ4v) is 7.99. The number of ketones is 1. The van der Waals surface area contributed by atoms with Gasteiger partial charge in [0.05, 0.1) is 0 Å². The van der Waals surface area contributed by atoms with Crippen molar-refractivity contribution in [1.82, 2.24) is 4.90 Å². The summed E-state index contributed by atoms with van der Waals surface area (Å²) in [6, 6.07) is 15.9. The van der Waals surface area contributed by atoms with Crippen molar-refractivity contribution >= 4 is 47.4 Å². The molecule has 0 bridgehead atoms. The van der Waals surface area contributed by atoms with Crippen LogP contribution in [0.3, 0.4) is 0 Å². The van der Waals surface area contributed by atoms with Crippen LogP contribution >= 0.6 is 0 Å². The summed E-state index contributed by atoms with van der Waals surface area (Å²) in [7, 11) is 0. The van der Waals surface area contributed by atoms with Crippen LogP contribution in [0.5, 0.6) is 0 Å². The zero-order chi connectivity index (χ0) is 22.0. The Morgan fingerprint density at radius 1 is 1.19 bits per heavy atom. The third kappa shape index (κ3) is 2.86. The molecule has 2 aromatic carbocycles. The molecule has 162 valence electrons. The van der Waals surface area contributed by atoms with E-state index in [1.807, 2.05) is 54.3 Å². The van der Waals surface area contributed by atoms with E-state index in [0.29, 0.717) is 18.8 Å². The van der Waals surface area contributed by atoms with Crippen molar-refractivity contribution < 1.29 is 14.4 Å². The van der Waals surface area contributed by atoms with E-state index in [1.54, 1.807) is 0 Å². The van der Waals surface area contributed by atoms with Gasteiger partial charge < -0.3 is 0 Å². The van der Waals surface area contributed by atoms with E-state index in [4.69, 9.17) is 0 Å². The topological polar surface area (TPSA) is 66.5 Å². The molecule has 6 heteroatoms. The standard InChI is InChI=1S/C26H24N2O3Se/c1-2-5-24(30)27-17-8-9-21-15(10-17)11-22(32-21)25(31)28-14-16-13-26(16)19-7-4-3-6-18(19)20(29)12-23(26)28/h3-4,6-11,16,23H,2,5,12-14H2,1H3,(H,27,30)/t16-,23?,26?/m1/s1. The molecule has 1 aromatic heterocycles. The number of anilines is 1. The van der Waals surface area contributed by atoms with Crippen molar-refractivity contribution in [3.05, 3.63) is 64.1 Å². The van der Waals surface area contributed by atoms with E-state index >= 15 is 0 Å². The molecule has 2 heterocycles. The zero-order valence-corrected chi connectivity index (χ0v) is 19.6. The van der Waals surface area contributed by atoms with Crippen LogP contribution in [0, 0.1) is 5.92 Å². The second-order valence-corrected chi connectivity index (χ2v) is 11.5. The minimum atomic E-state index is -0.0606. The van der Waals surface area contributed by atoms with Crippen molar-refractivity contribution in [2.75, 3.05) is 11.9 Å². The van der Waals surface area contributed by atoms with Gasteiger partial charge in [-0.25, -0.2) is 0 Å². The van der Waals surface area contributed by atoms with Crippen LogP contribution in [0.15, 0.2) is 48.5 Å². The first-order valence-corrected chi connectivity index (χ1v) is 13.0. The van der Waals surface area contributed by atoms with Crippen LogP contribution in [0.1, 0.15) is 57.8 Å². The molecule has 3 atom stereocenters. The van der Waals surface area contributed by atoms with Gasteiger partial charge in [0.2, 0.25) is 0 Å². The monoisotopic (exact) mass is 492 g/mol. The number of nitrogens with one attached hydrogen (secondary N) is 1. The fraction of sp³-hybridized carbons (Fsp3) is 0.346. The Kier molecular flexibility index (Phi) is 4.46. The Hall–Kier alpha value is -2.69. The SMILES string of the molecule is CCCC(=O)Nc1ccc2[se]c(C(=O)N3C[C@H]4CC45c4ccccc4C(=O)CC35)cc2c1. The summed E-state index contributed by atoms with van der Waals surface area (Å²) >= 11 is -0.0606. The van der Waals surface area contributed by atoms with Crippen molar-refractivity contribution in [3.63, 3.8) is 0 Å². The molecule has 2 aliphatic carbocycles. The van der Waals surface area contributed by atoms with Gasteiger partial charge in [-0.2, -0.15) is 0 Å². The molecule has 3 aromatic rings.